The van der Waals surface area contributed by atoms with E-state index >= 15 is 0 Å². The number of carbonyl (C=O) groups excluding carboxylic acids is 2. The Morgan fingerprint density at radius 3 is 2.16 bits per heavy atom. The van der Waals surface area contributed by atoms with Crippen LogP contribution in [0.3, 0.4) is 0 Å². The second kappa shape index (κ2) is 13.6. The third-order valence-electron chi connectivity index (χ3n) is 7.90. The molecule has 0 atom stereocenters. The Hall–Kier alpha value is -4.52. The summed E-state index contributed by atoms with van der Waals surface area (Å²) < 4.78 is 65.4. The SMILES string of the molecule is CCOc1ccc(-c2ccc(F)cc2F)c(CN2CCC3(CC2)CC(=O)N(c2ccc(C(=O)O)cc2)C3)c1.O=C([O-])C(F)(F)F. The quantitative estimate of drug-likeness (QED) is 0.363. The van der Waals surface area contributed by atoms with E-state index in [1.165, 1.54) is 24.3 Å². The summed E-state index contributed by atoms with van der Waals surface area (Å²) in [7, 11) is 0. The Labute approximate surface area is 255 Å². The van der Waals surface area contributed by atoms with Crippen LogP contribution in [0.15, 0.2) is 60.7 Å². The summed E-state index contributed by atoms with van der Waals surface area (Å²) in [5.41, 5.74) is 2.75. The Morgan fingerprint density at radius 2 is 1.60 bits per heavy atom. The third kappa shape index (κ3) is 8.15. The van der Waals surface area contributed by atoms with Crippen LogP contribution in [0.4, 0.5) is 27.6 Å². The predicted octanol–water partition coefficient (Wildman–Crippen LogP) is 5.05. The zero-order chi connectivity index (χ0) is 32.9. The number of benzene rings is 3. The number of halogens is 5. The predicted molar refractivity (Wildman–Crippen MR) is 151 cm³/mol. The van der Waals surface area contributed by atoms with Crippen LogP contribution in [0.25, 0.3) is 11.1 Å². The molecule has 2 aliphatic rings. The van der Waals surface area contributed by atoms with Crippen molar-refractivity contribution in [1.82, 2.24) is 4.90 Å². The first-order valence-corrected chi connectivity index (χ1v) is 14.1. The molecule has 2 fully saturated rings. The Bertz CT molecular complexity index is 1550. The largest absolute Gasteiger partial charge is 0.542 e. The number of piperidine rings is 1. The zero-order valence-corrected chi connectivity index (χ0v) is 24.2. The first-order valence-electron chi connectivity index (χ1n) is 14.1. The van der Waals surface area contributed by atoms with E-state index in [9.17, 15) is 31.5 Å². The first kappa shape index (κ1) is 33.4. The standard InChI is InChI=1S/C30H30F2N2O4.C2HF3O2/c1-2-38-24-8-10-25(26-9-5-22(31)16-27(26)32)21(15-24)18-33-13-11-30(12-14-33)17-28(35)34(19-30)23-6-3-20(4-7-23)29(36)37;3-2(4,5)1(6)7/h3-10,15-16H,2,11-14,17-19H2,1H3,(H,36,37);(H,6,7)/p-1. The van der Waals surface area contributed by atoms with Crippen molar-refractivity contribution in [3.8, 4) is 16.9 Å². The molecule has 0 unspecified atom stereocenters. The fraction of sp³-hybridized carbons (Fsp3) is 0.344. The van der Waals surface area contributed by atoms with Gasteiger partial charge in [-0.3, -0.25) is 9.69 Å². The highest BCUT2D eigenvalue weighted by molar-refractivity contribution is 5.97. The number of carboxylic acids is 2. The van der Waals surface area contributed by atoms with E-state index in [1.54, 1.807) is 23.1 Å². The molecule has 2 heterocycles. The molecule has 2 saturated heterocycles. The van der Waals surface area contributed by atoms with Crippen molar-refractivity contribution in [2.75, 3.05) is 31.1 Å². The number of amides is 1. The lowest BCUT2D eigenvalue weighted by atomic mass is 9.77. The second-order valence-electron chi connectivity index (χ2n) is 10.9. The summed E-state index contributed by atoms with van der Waals surface area (Å²) in [5, 5.41) is 17.9. The van der Waals surface area contributed by atoms with Crippen molar-refractivity contribution in [1.29, 1.82) is 0 Å². The van der Waals surface area contributed by atoms with Gasteiger partial charge in [0.25, 0.3) is 0 Å². The number of aliphatic carboxylic acids is 1. The maximum absolute atomic E-state index is 14.7. The van der Waals surface area contributed by atoms with Crippen LogP contribution < -0.4 is 14.7 Å². The summed E-state index contributed by atoms with van der Waals surface area (Å²) in [6, 6.07) is 15.6. The number of nitrogens with zero attached hydrogens (tertiary/aromatic N) is 2. The van der Waals surface area contributed by atoms with Gasteiger partial charge in [-0.05, 0) is 97.9 Å². The number of ether oxygens (including phenoxy) is 1. The van der Waals surface area contributed by atoms with Crippen molar-refractivity contribution in [3.05, 3.63) is 83.4 Å². The van der Waals surface area contributed by atoms with Crippen molar-refractivity contribution in [2.45, 2.75) is 38.9 Å². The second-order valence-corrected chi connectivity index (χ2v) is 10.9. The number of anilines is 1. The molecule has 0 saturated carbocycles. The average Bonchev–Trinajstić information content (AvgIpc) is 3.30. The van der Waals surface area contributed by atoms with Gasteiger partial charge in [-0.25, -0.2) is 13.6 Å². The Balaban J connectivity index is 0.000000591. The van der Waals surface area contributed by atoms with E-state index in [4.69, 9.17) is 19.7 Å². The van der Waals surface area contributed by atoms with Crippen LogP contribution >= 0.6 is 0 Å². The van der Waals surface area contributed by atoms with Gasteiger partial charge in [0, 0.05) is 36.8 Å². The number of alkyl halides is 3. The van der Waals surface area contributed by atoms with Gasteiger partial charge in [-0.15, -0.1) is 0 Å². The zero-order valence-electron chi connectivity index (χ0n) is 24.2. The molecule has 1 amide bonds. The van der Waals surface area contributed by atoms with E-state index in [-0.39, 0.29) is 16.9 Å². The Morgan fingerprint density at radius 1 is 0.978 bits per heavy atom. The molecule has 1 N–H and O–H groups in total. The lowest BCUT2D eigenvalue weighted by Gasteiger charge is -2.39. The molecule has 3 aromatic carbocycles. The number of hydrogen-bond acceptors (Lipinski definition) is 6. The summed E-state index contributed by atoms with van der Waals surface area (Å²) in [5.74, 6) is -4.46. The molecule has 1 spiro atoms. The van der Waals surface area contributed by atoms with Gasteiger partial charge >= 0.3 is 12.1 Å². The summed E-state index contributed by atoms with van der Waals surface area (Å²) >= 11 is 0. The van der Waals surface area contributed by atoms with E-state index < -0.39 is 29.7 Å². The number of likely N-dealkylation sites (tertiary alicyclic amines) is 1. The molecule has 0 radical (unpaired) electrons. The van der Waals surface area contributed by atoms with Crippen LogP contribution in [-0.2, 0) is 16.1 Å². The van der Waals surface area contributed by atoms with Crippen molar-refractivity contribution in [3.63, 3.8) is 0 Å². The van der Waals surface area contributed by atoms with E-state index in [0.717, 1.165) is 43.2 Å². The number of hydrogen-bond donors (Lipinski definition) is 1. The fourth-order valence-corrected chi connectivity index (χ4v) is 5.60. The monoisotopic (exact) mass is 633 g/mol. The van der Waals surface area contributed by atoms with E-state index in [1.807, 2.05) is 19.1 Å². The highest BCUT2D eigenvalue weighted by atomic mass is 19.4. The van der Waals surface area contributed by atoms with Gasteiger partial charge in [-0.1, -0.05) is 6.07 Å². The maximum Gasteiger partial charge on any atom is 0.430 e. The van der Waals surface area contributed by atoms with Gasteiger partial charge in [0.2, 0.25) is 5.91 Å². The van der Waals surface area contributed by atoms with Crippen LogP contribution in [-0.4, -0.2) is 60.3 Å². The normalized spacial score (nSPS) is 16.3. The van der Waals surface area contributed by atoms with Crippen LogP contribution in [0.1, 0.15) is 42.1 Å². The van der Waals surface area contributed by atoms with Crippen molar-refractivity contribution < 1.29 is 51.3 Å². The van der Waals surface area contributed by atoms with Gasteiger partial charge in [0.05, 0.1) is 12.2 Å². The molecule has 0 aromatic heterocycles. The number of carboxylic acid groups (broad SMARTS) is 2. The topological polar surface area (TPSA) is 110 Å². The third-order valence-corrected chi connectivity index (χ3v) is 7.90. The molecular formula is C32H30F5N2O6-. The lowest BCUT2D eigenvalue weighted by molar-refractivity contribution is -0.344. The summed E-state index contributed by atoms with van der Waals surface area (Å²) in [6.45, 7) is 5.17. The number of carbonyl (C=O) groups is 3. The molecule has 45 heavy (non-hydrogen) atoms. The minimum atomic E-state index is -5.19. The van der Waals surface area contributed by atoms with Gasteiger partial charge in [0.15, 0.2) is 0 Å². The van der Waals surface area contributed by atoms with E-state index in [0.29, 0.717) is 43.0 Å². The first-order chi connectivity index (χ1) is 21.2. The number of aromatic carboxylic acids is 1. The summed E-state index contributed by atoms with van der Waals surface area (Å²) in [6.07, 6.45) is -3.05. The highest BCUT2D eigenvalue weighted by Crippen LogP contribution is 2.43. The molecule has 2 aliphatic heterocycles. The van der Waals surface area contributed by atoms with Crippen LogP contribution in [0.2, 0.25) is 0 Å². The van der Waals surface area contributed by atoms with Crippen LogP contribution in [0.5, 0.6) is 5.75 Å². The van der Waals surface area contributed by atoms with Crippen molar-refractivity contribution in [2.24, 2.45) is 5.41 Å². The molecule has 13 heteroatoms. The summed E-state index contributed by atoms with van der Waals surface area (Å²) in [4.78, 5) is 36.9. The van der Waals surface area contributed by atoms with Crippen LogP contribution in [0, 0.1) is 17.0 Å². The maximum atomic E-state index is 14.7. The minimum Gasteiger partial charge on any atom is -0.542 e. The molecular weight excluding hydrogens is 603 g/mol. The molecule has 0 bridgehead atoms. The highest BCUT2D eigenvalue weighted by Gasteiger charge is 2.45. The molecule has 240 valence electrons. The smallest absolute Gasteiger partial charge is 0.430 e. The lowest BCUT2D eigenvalue weighted by Crippen LogP contribution is -2.41. The van der Waals surface area contributed by atoms with Gasteiger partial charge in [0.1, 0.15) is 23.4 Å². The number of rotatable bonds is 7. The van der Waals surface area contributed by atoms with Gasteiger partial charge < -0.3 is 24.6 Å². The average molecular weight is 634 g/mol. The van der Waals surface area contributed by atoms with Gasteiger partial charge in [-0.2, -0.15) is 13.2 Å². The van der Waals surface area contributed by atoms with E-state index in [2.05, 4.69) is 4.90 Å². The van der Waals surface area contributed by atoms with Crippen molar-refractivity contribution >= 4 is 23.5 Å². The molecule has 5 rings (SSSR count). The Kier molecular flexibility index (Phi) is 10.1. The fourth-order valence-electron chi connectivity index (χ4n) is 5.60. The minimum absolute atomic E-state index is 0.0556. The molecule has 0 aliphatic carbocycles. The molecule has 8 nitrogen and oxygen atoms in total. The molecule has 3 aromatic rings.